The first-order chi connectivity index (χ1) is 17.6. The molecule has 4 rings (SSSR count). The molecular weight excluding hydrogens is 497 g/mol. The minimum Gasteiger partial charge on any atom is -0.426 e. The SMILES string of the molecule is C=CCCc1ccc(C(F)(F)Oc2ccc(-c3ccc(-c4cc(F)c(F)c(F)c4)cc3)c(F)c2F)cc1. The highest BCUT2D eigenvalue weighted by Crippen LogP contribution is 2.37. The van der Waals surface area contributed by atoms with E-state index in [9.17, 15) is 30.7 Å². The molecule has 0 saturated carbocycles. The zero-order valence-electron chi connectivity index (χ0n) is 19.2. The third-order valence-corrected chi connectivity index (χ3v) is 5.73. The molecule has 0 saturated heterocycles. The Labute approximate surface area is 208 Å². The van der Waals surface area contributed by atoms with Gasteiger partial charge in [0.2, 0.25) is 5.82 Å². The Morgan fingerprint density at radius 1 is 0.676 bits per heavy atom. The summed E-state index contributed by atoms with van der Waals surface area (Å²) in [4.78, 5) is 0. The third-order valence-electron chi connectivity index (χ3n) is 5.73. The fraction of sp³-hybridized carbons (Fsp3) is 0.103. The summed E-state index contributed by atoms with van der Waals surface area (Å²) in [7, 11) is 0. The van der Waals surface area contributed by atoms with Crippen molar-refractivity contribution in [1.82, 2.24) is 0 Å². The molecule has 0 aromatic heterocycles. The fourth-order valence-electron chi connectivity index (χ4n) is 3.73. The Bertz CT molecular complexity index is 1410. The summed E-state index contributed by atoms with van der Waals surface area (Å²) in [5.41, 5.74) is 0.524. The van der Waals surface area contributed by atoms with Crippen LogP contribution in [0.5, 0.6) is 5.75 Å². The van der Waals surface area contributed by atoms with E-state index in [4.69, 9.17) is 0 Å². The standard InChI is InChI=1S/C29H19F7O/c1-2-3-4-17-5-11-21(12-6-17)29(35,36)37-25-14-13-22(26(32)28(25)34)19-9-7-18(8-10-19)20-15-23(30)27(33)24(31)16-20/h2,5-16H,1,3-4H2. The van der Waals surface area contributed by atoms with E-state index in [1.54, 1.807) is 6.08 Å². The van der Waals surface area contributed by atoms with Crippen molar-refractivity contribution in [1.29, 1.82) is 0 Å². The predicted octanol–water partition coefficient (Wildman–Crippen LogP) is 8.96. The number of halogens is 7. The highest BCUT2D eigenvalue weighted by atomic mass is 19.3. The highest BCUT2D eigenvalue weighted by Gasteiger charge is 2.36. The summed E-state index contributed by atoms with van der Waals surface area (Å²) in [6.07, 6.45) is -0.923. The van der Waals surface area contributed by atoms with Crippen molar-refractivity contribution in [2.75, 3.05) is 0 Å². The van der Waals surface area contributed by atoms with E-state index in [2.05, 4.69) is 11.3 Å². The molecular formula is C29H19F7O. The van der Waals surface area contributed by atoms with Gasteiger partial charge in [-0.25, -0.2) is 17.6 Å². The quantitative estimate of drug-likeness (QED) is 0.129. The van der Waals surface area contributed by atoms with Gasteiger partial charge in [0.1, 0.15) is 0 Å². The van der Waals surface area contributed by atoms with Gasteiger partial charge in [-0.15, -0.1) is 6.58 Å². The third kappa shape index (κ3) is 5.53. The summed E-state index contributed by atoms with van der Waals surface area (Å²) >= 11 is 0. The van der Waals surface area contributed by atoms with Gasteiger partial charge in [0, 0.05) is 5.56 Å². The first-order valence-corrected chi connectivity index (χ1v) is 11.1. The Kier molecular flexibility index (Phi) is 7.38. The van der Waals surface area contributed by atoms with Gasteiger partial charge in [-0.1, -0.05) is 42.5 Å². The molecule has 0 radical (unpaired) electrons. The van der Waals surface area contributed by atoms with Crippen LogP contribution in [0.4, 0.5) is 30.7 Å². The maximum Gasteiger partial charge on any atom is 0.426 e. The lowest BCUT2D eigenvalue weighted by Crippen LogP contribution is -2.22. The summed E-state index contributed by atoms with van der Waals surface area (Å²) in [5, 5.41) is 0. The molecule has 0 atom stereocenters. The second-order valence-corrected chi connectivity index (χ2v) is 8.21. The van der Waals surface area contributed by atoms with E-state index < -0.39 is 46.5 Å². The molecule has 0 bridgehead atoms. The average molecular weight is 516 g/mol. The maximum atomic E-state index is 14.8. The van der Waals surface area contributed by atoms with Crippen LogP contribution in [-0.2, 0) is 12.5 Å². The lowest BCUT2D eigenvalue weighted by Gasteiger charge is -2.19. The lowest BCUT2D eigenvalue weighted by atomic mass is 9.99. The van der Waals surface area contributed by atoms with Gasteiger partial charge in [0.25, 0.3) is 0 Å². The number of allylic oxidation sites excluding steroid dienone is 1. The zero-order valence-corrected chi connectivity index (χ0v) is 19.2. The molecule has 0 aliphatic heterocycles. The van der Waals surface area contributed by atoms with Gasteiger partial charge in [-0.05, 0) is 71.5 Å². The zero-order chi connectivity index (χ0) is 26.7. The molecule has 0 unspecified atom stereocenters. The van der Waals surface area contributed by atoms with Crippen LogP contribution in [0, 0.1) is 29.1 Å². The van der Waals surface area contributed by atoms with Crippen molar-refractivity contribution in [2.45, 2.75) is 19.0 Å². The molecule has 190 valence electrons. The number of rotatable bonds is 8. The second kappa shape index (κ2) is 10.5. The largest absolute Gasteiger partial charge is 0.426 e. The van der Waals surface area contributed by atoms with Crippen molar-refractivity contribution < 1.29 is 35.5 Å². The molecule has 0 aliphatic carbocycles. The molecule has 1 nitrogen and oxygen atoms in total. The molecule has 0 fully saturated rings. The number of hydrogen-bond donors (Lipinski definition) is 0. The Hall–Kier alpha value is -4.07. The number of alkyl halides is 2. The number of benzene rings is 4. The smallest absolute Gasteiger partial charge is 0.426 e. The van der Waals surface area contributed by atoms with Crippen LogP contribution in [0.1, 0.15) is 17.5 Å². The maximum absolute atomic E-state index is 14.8. The molecule has 37 heavy (non-hydrogen) atoms. The van der Waals surface area contributed by atoms with Crippen LogP contribution in [0.25, 0.3) is 22.3 Å². The van der Waals surface area contributed by atoms with E-state index in [1.165, 1.54) is 36.4 Å². The number of hydrogen-bond acceptors (Lipinski definition) is 1. The molecule has 0 N–H and O–H groups in total. The van der Waals surface area contributed by atoms with Gasteiger partial charge in [-0.3, -0.25) is 0 Å². The van der Waals surface area contributed by atoms with Crippen LogP contribution in [-0.4, -0.2) is 0 Å². The monoisotopic (exact) mass is 516 g/mol. The summed E-state index contributed by atoms with van der Waals surface area (Å²) in [5.74, 6) is -8.35. The van der Waals surface area contributed by atoms with Crippen LogP contribution >= 0.6 is 0 Å². The lowest BCUT2D eigenvalue weighted by molar-refractivity contribution is -0.187. The van der Waals surface area contributed by atoms with Gasteiger partial charge in [0.05, 0.1) is 5.56 Å². The van der Waals surface area contributed by atoms with Crippen LogP contribution < -0.4 is 4.74 Å². The van der Waals surface area contributed by atoms with Crippen molar-refractivity contribution in [2.24, 2.45) is 0 Å². The molecule has 0 spiro atoms. The first kappa shape index (κ1) is 26.0. The minimum atomic E-state index is -3.92. The molecule has 0 heterocycles. The van der Waals surface area contributed by atoms with Crippen LogP contribution in [0.15, 0.2) is 85.5 Å². The van der Waals surface area contributed by atoms with E-state index in [-0.39, 0.29) is 22.3 Å². The van der Waals surface area contributed by atoms with Crippen molar-refractivity contribution in [3.63, 3.8) is 0 Å². The molecule has 0 aliphatic rings. The summed E-state index contributed by atoms with van der Waals surface area (Å²) in [6.45, 7) is 3.60. The Morgan fingerprint density at radius 3 is 1.86 bits per heavy atom. The fourth-order valence-corrected chi connectivity index (χ4v) is 3.73. The minimum absolute atomic E-state index is 0.0364. The summed E-state index contributed by atoms with van der Waals surface area (Å²) < 4.78 is 104. The van der Waals surface area contributed by atoms with Crippen molar-refractivity contribution in [3.05, 3.63) is 126 Å². The van der Waals surface area contributed by atoms with Gasteiger partial charge in [0.15, 0.2) is 29.0 Å². The molecule has 0 amide bonds. The second-order valence-electron chi connectivity index (χ2n) is 8.21. The van der Waals surface area contributed by atoms with Crippen molar-refractivity contribution >= 4 is 0 Å². The average Bonchev–Trinajstić information content (AvgIpc) is 2.89. The normalized spacial score (nSPS) is 11.4. The van der Waals surface area contributed by atoms with Crippen LogP contribution in [0.3, 0.4) is 0 Å². The van der Waals surface area contributed by atoms with E-state index >= 15 is 0 Å². The van der Waals surface area contributed by atoms with Crippen molar-refractivity contribution in [3.8, 4) is 28.0 Å². The number of aryl methyl sites for hydroxylation is 1. The van der Waals surface area contributed by atoms with E-state index in [0.29, 0.717) is 12.8 Å². The topological polar surface area (TPSA) is 9.23 Å². The van der Waals surface area contributed by atoms with Gasteiger partial charge < -0.3 is 4.74 Å². The van der Waals surface area contributed by atoms with E-state index in [0.717, 1.165) is 42.0 Å². The Morgan fingerprint density at radius 2 is 1.27 bits per heavy atom. The Balaban J connectivity index is 1.56. The summed E-state index contributed by atoms with van der Waals surface area (Å²) in [6, 6.07) is 14.3. The molecule has 8 heteroatoms. The first-order valence-electron chi connectivity index (χ1n) is 11.1. The van der Waals surface area contributed by atoms with Gasteiger partial charge >= 0.3 is 6.11 Å². The highest BCUT2D eigenvalue weighted by molar-refractivity contribution is 5.71. The number of ether oxygens (including phenoxy) is 1. The van der Waals surface area contributed by atoms with Crippen LogP contribution in [0.2, 0.25) is 0 Å². The molecule has 4 aromatic carbocycles. The predicted molar refractivity (Wildman–Crippen MR) is 127 cm³/mol. The van der Waals surface area contributed by atoms with Gasteiger partial charge in [-0.2, -0.15) is 13.2 Å². The molecule has 4 aromatic rings. The van der Waals surface area contributed by atoms with E-state index in [1.807, 2.05) is 0 Å².